The van der Waals surface area contributed by atoms with Crippen LogP contribution in [-0.4, -0.2) is 22.2 Å². The summed E-state index contributed by atoms with van der Waals surface area (Å²) in [7, 11) is 0. The summed E-state index contributed by atoms with van der Waals surface area (Å²) < 4.78 is 0. The molecule has 2 aromatic rings. The first-order chi connectivity index (χ1) is 11.0. The number of anilines is 1. The third-order valence-corrected chi connectivity index (χ3v) is 4.22. The molecule has 0 aliphatic carbocycles. The second-order valence-electron chi connectivity index (χ2n) is 5.19. The monoisotopic (exact) mass is 329 g/mol. The summed E-state index contributed by atoms with van der Waals surface area (Å²) in [6.07, 6.45) is 1.67. The van der Waals surface area contributed by atoms with Crippen molar-refractivity contribution >= 4 is 29.4 Å². The molecule has 6 heteroatoms. The molecule has 1 atom stereocenters. The third-order valence-electron chi connectivity index (χ3n) is 3.17. The Morgan fingerprint density at radius 2 is 1.96 bits per heavy atom. The minimum absolute atomic E-state index is 0.358. The molecule has 1 unspecified atom stereocenters. The molecule has 23 heavy (non-hydrogen) atoms. The Morgan fingerprint density at radius 1 is 1.17 bits per heavy atom. The Kier molecular flexibility index (Phi) is 5.76. The van der Waals surface area contributed by atoms with E-state index in [9.17, 15) is 9.59 Å². The lowest BCUT2D eigenvalue weighted by Gasteiger charge is -2.12. The molecule has 0 spiro atoms. The normalized spacial score (nSPS) is 11.6. The van der Waals surface area contributed by atoms with E-state index in [0.717, 1.165) is 16.2 Å². The van der Waals surface area contributed by atoms with Crippen molar-refractivity contribution < 1.29 is 9.59 Å². The average molecular weight is 329 g/mol. The number of imide groups is 1. The molecule has 2 rings (SSSR count). The first-order valence-corrected chi connectivity index (χ1v) is 8.10. The van der Waals surface area contributed by atoms with E-state index >= 15 is 0 Å². The van der Waals surface area contributed by atoms with E-state index in [1.807, 2.05) is 50.2 Å². The highest BCUT2D eigenvalue weighted by atomic mass is 32.2. The molecule has 5 nitrogen and oxygen atoms in total. The molecule has 1 aromatic carbocycles. The molecule has 0 radical (unpaired) electrons. The predicted molar refractivity (Wildman–Crippen MR) is 92.6 cm³/mol. The van der Waals surface area contributed by atoms with Gasteiger partial charge in [0.05, 0.1) is 10.3 Å². The Bertz CT molecular complexity index is 704. The van der Waals surface area contributed by atoms with E-state index in [1.54, 1.807) is 13.1 Å². The molecule has 0 aliphatic heterocycles. The van der Waals surface area contributed by atoms with Crippen molar-refractivity contribution in [2.24, 2.45) is 0 Å². The second-order valence-corrected chi connectivity index (χ2v) is 6.55. The van der Waals surface area contributed by atoms with Gasteiger partial charge >= 0.3 is 6.03 Å². The highest BCUT2D eigenvalue weighted by molar-refractivity contribution is 8.00. The molecule has 0 fully saturated rings. The smallest absolute Gasteiger partial charge is 0.307 e. The highest BCUT2D eigenvalue weighted by Crippen LogP contribution is 2.20. The molecular weight excluding hydrogens is 310 g/mol. The number of hydrogen-bond donors (Lipinski definition) is 2. The minimum Gasteiger partial charge on any atom is -0.307 e. The lowest BCUT2D eigenvalue weighted by atomic mass is 10.1. The molecule has 1 heterocycles. The Morgan fingerprint density at radius 3 is 2.61 bits per heavy atom. The molecule has 120 valence electrons. The first kappa shape index (κ1) is 17.0. The number of aromatic nitrogens is 1. The van der Waals surface area contributed by atoms with Gasteiger partial charge in [0.25, 0.3) is 0 Å². The van der Waals surface area contributed by atoms with Crippen molar-refractivity contribution in [1.82, 2.24) is 10.3 Å². The van der Waals surface area contributed by atoms with Crippen LogP contribution in [-0.2, 0) is 4.79 Å². The van der Waals surface area contributed by atoms with Crippen LogP contribution >= 0.6 is 11.8 Å². The number of carbonyl (C=O) groups is 2. The van der Waals surface area contributed by atoms with Gasteiger partial charge in [0.2, 0.25) is 5.91 Å². The number of nitrogens with one attached hydrogen (secondary N) is 2. The van der Waals surface area contributed by atoms with Crippen molar-refractivity contribution in [2.45, 2.75) is 31.0 Å². The van der Waals surface area contributed by atoms with E-state index in [4.69, 9.17) is 0 Å². The Labute approximate surface area is 139 Å². The van der Waals surface area contributed by atoms with Crippen molar-refractivity contribution in [1.29, 1.82) is 0 Å². The summed E-state index contributed by atoms with van der Waals surface area (Å²) in [5, 5.41) is 5.36. The van der Waals surface area contributed by atoms with Gasteiger partial charge in [-0.1, -0.05) is 35.5 Å². The molecule has 0 saturated heterocycles. The van der Waals surface area contributed by atoms with Crippen molar-refractivity contribution in [3.8, 4) is 0 Å². The van der Waals surface area contributed by atoms with E-state index in [2.05, 4.69) is 15.6 Å². The number of amides is 3. The number of urea groups is 1. The maximum absolute atomic E-state index is 12.1. The van der Waals surface area contributed by atoms with Gasteiger partial charge in [0.1, 0.15) is 0 Å². The number of thioether (sulfide) groups is 1. The van der Waals surface area contributed by atoms with Gasteiger partial charge in [-0.3, -0.25) is 10.1 Å². The van der Waals surface area contributed by atoms with Crippen LogP contribution in [0.5, 0.6) is 0 Å². The van der Waals surface area contributed by atoms with Crippen molar-refractivity contribution in [3.05, 3.63) is 53.7 Å². The van der Waals surface area contributed by atoms with Crippen LogP contribution in [0.1, 0.15) is 18.1 Å². The standard InChI is InChI=1S/C17H19N3O2S/c1-11-7-8-14(12(2)10-11)19-17(22)20-16(21)13(3)23-15-6-4-5-9-18-15/h4-10,13H,1-3H3,(H2,19,20,21,22). The van der Waals surface area contributed by atoms with Crippen LogP contribution < -0.4 is 10.6 Å². The summed E-state index contributed by atoms with van der Waals surface area (Å²) in [6, 6.07) is 10.7. The zero-order valence-electron chi connectivity index (χ0n) is 13.3. The second kappa shape index (κ2) is 7.78. The largest absolute Gasteiger partial charge is 0.325 e. The topological polar surface area (TPSA) is 71.1 Å². The predicted octanol–water partition coefficient (Wildman–Crippen LogP) is 3.53. The molecular formula is C17H19N3O2S. The quantitative estimate of drug-likeness (QED) is 0.842. The number of rotatable bonds is 4. The van der Waals surface area contributed by atoms with Crippen molar-refractivity contribution in [3.63, 3.8) is 0 Å². The number of aryl methyl sites for hydroxylation is 2. The maximum Gasteiger partial charge on any atom is 0.325 e. The Hall–Kier alpha value is -2.34. The number of nitrogens with zero attached hydrogens (tertiary/aromatic N) is 1. The van der Waals surface area contributed by atoms with E-state index < -0.39 is 11.3 Å². The molecule has 0 aliphatic rings. The number of carbonyl (C=O) groups excluding carboxylic acids is 2. The lowest BCUT2D eigenvalue weighted by molar-refractivity contribution is -0.119. The van der Waals surface area contributed by atoms with Crippen molar-refractivity contribution in [2.75, 3.05) is 5.32 Å². The lowest BCUT2D eigenvalue weighted by Crippen LogP contribution is -2.39. The van der Waals surface area contributed by atoms with Gasteiger partial charge in [-0.05, 0) is 44.5 Å². The molecule has 0 saturated carbocycles. The third kappa shape index (κ3) is 5.10. The SMILES string of the molecule is Cc1ccc(NC(=O)NC(=O)C(C)Sc2ccccn2)c(C)c1. The van der Waals surface area contributed by atoms with Gasteiger partial charge in [-0.2, -0.15) is 0 Å². The van der Waals surface area contributed by atoms with Gasteiger partial charge in [0, 0.05) is 11.9 Å². The van der Waals surface area contributed by atoms with Crippen LogP contribution in [0.2, 0.25) is 0 Å². The minimum atomic E-state index is -0.532. The molecule has 3 amide bonds. The fourth-order valence-electron chi connectivity index (χ4n) is 1.97. The summed E-state index contributed by atoms with van der Waals surface area (Å²) in [5.74, 6) is -0.358. The van der Waals surface area contributed by atoms with E-state index in [0.29, 0.717) is 5.69 Å². The summed E-state index contributed by atoms with van der Waals surface area (Å²) >= 11 is 1.30. The van der Waals surface area contributed by atoms with E-state index in [1.165, 1.54) is 11.8 Å². The zero-order chi connectivity index (χ0) is 16.8. The number of pyridine rings is 1. The number of benzene rings is 1. The van der Waals surface area contributed by atoms with E-state index in [-0.39, 0.29) is 5.91 Å². The fraction of sp³-hybridized carbons (Fsp3) is 0.235. The van der Waals surface area contributed by atoms with Crippen LogP contribution in [0.4, 0.5) is 10.5 Å². The maximum atomic E-state index is 12.1. The summed E-state index contributed by atoms with van der Waals surface area (Å²) in [5.41, 5.74) is 2.75. The van der Waals surface area contributed by atoms with Gasteiger partial charge in [-0.25, -0.2) is 9.78 Å². The Balaban J connectivity index is 1.90. The molecule has 0 bridgehead atoms. The van der Waals surface area contributed by atoms with Crippen LogP contribution in [0.3, 0.4) is 0 Å². The van der Waals surface area contributed by atoms with Gasteiger partial charge < -0.3 is 5.32 Å². The first-order valence-electron chi connectivity index (χ1n) is 7.22. The van der Waals surface area contributed by atoms with Gasteiger partial charge in [-0.15, -0.1) is 0 Å². The number of hydrogen-bond acceptors (Lipinski definition) is 4. The summed E-state index contributed by atoms with van der Waals surface area (Å²) in [6.45, 7) is 5.62. The highest BCUT2D eigenvalue weighted by Gasteiger charge is 2.17. The van der Waals surface area contributed by atoms with Crippen LogP contribution in [0, 0.1) is 13.8 Å². The van der Waals surface area contributed by atoms with Crippen LogP contribution in [0.15, 0.2) is 47.6 Å². The molecule has 1 aromatic heterocycles. The summed E-state index contributed by atoms with van der Waals surface area (Å²) in [4.78, 5) is 28.2. The van der Waals surface area contributed by atoms with Crippen LogP contribution in [0.25, 0.3) is 0 Å². The molecule has 2 N–H and O–H groups in total. The fourth-order valence-corrected chi connectivity index (χ4v) is 2.78. The zero-order valence-corrected chi connectivity index (χ0v) is 14.1. The average Bonchev–Trinajstić information content (AvgIpc) is 2.51. The van der Waals surface area contributed by atoms with Gasteiger partial charge in [0.15, 0.2) is 0 Å².